The molecule has 2 rings (SSSR count). The predicted molar refractivity (Wildman–Crippen MR) is 77.9 cm³/mol. The molecule has 3 nitrogen and oxygen atoms in total. The van der Waals surface area contributed by atoms with Crippen molar-refractivity contribution in [1.29, 1.82) is 0 Å². The van der Waals surface area contributed by atoms with Gasteiger partial charge in [-0.2, -0.15) is 0 Å². The van der Waals surface area contributed by atoms with Crippen LogP contribution in [0.4, 0.5) is 5.69 Å². The Balaban J connectivity index is 2.43. The highest BCUT2D eigenvalue weighted by Gasteiger charge is 2.07. The van der Waals surface area contributed by atoms with Gasteiger partial charge in [-0.05, 0) is 18.6 Å². The molecule has 0 amide bonds. The van der Waals surface area contributed by atoms with Gasteiger partial charge in [0.1, 0.15) is 11.0 Å². The highest BCUT2D eigenvalue weighted by atomic mass is 32.2. The maximum Gasteiger partial charge on any atom is 0.122 e. The van der Waals surface area contributed by atoms with Crippen LogP contribution in [-0.2, 0) is 11.0 Å². The molecule has 0 aromatic heterocycles. The number of fused-ring (bicyclic) bond motifs is 1. The van der Waals surface area contributed by atoms with E-state index in [1.165, 1.54) is 0 Å². The first kappa shape index (κ1) is 13.1. The first-order valence-electron chi connectivity index (χ1n) is 6.16. The molecule has 0 spiro atoms. The van der Waals surface area contributed by atoms with E-state index in [2.05, 4.69) is 12.2 Å². The average Bonchev–Trinajstić information content (AvgIpc) is 2.38. The molecule has 1 unspecified atom stereocenters. The number of unbranched alkanes of at least 4 members (excludes halogenated alkanes) is 1. The van der Waals surface area contributed by atoms with Gasteiger partial charge in [-0.25, -0.2) is 9.35 Å². The number of rotatable bonds is 5. The van der Waals surface area contributed by atoms with Crippen molar-refractivity contribution in [2.45, 2.75) is 24.7 Å². The van der Waals surface area contributed by atoms with Crippen LogP contribution in [-0.4, -0.2) is 10.8 Å². The Morgan fingerprint density at radius 1 is 1.17 bits per heavy atom. The second-order valence-corrected chi connectivity index (χ2v) is 5.27. The summed E-state index contributed by atoms with van der Waals surface area (Å²) in [6, 6.07) is 11.7. The third-order valence-corrected chi connectivity index (χ3v) is 3.73. The molecule has 0 bridgehead atoms. The molecule has 0 saturated carbocycles. The predicted octanol–water partition coefficient (Wildman–Crippen LogP) is 3.03. The molecule has 0 saturated heterocycles. The quantitative estimate of drug-likeness (QED) is 0.814. The number of benzene rings is 2. The molecule has 0 aliphatic heterocycles. The van der Waals surface area contributed by atoms with Crippen LogP contribution in [0.1, 0.15) is 19.8 Å². The van der Waals surface area contributed by atoms with Crippen molar-refractivity contribution in [3.8, 4) is 0 Å². The Morgan fingerprint density at radius 2 is 1.89 bits per heavy atom. The van der Waals surface area contributed by atoms with E-state index in [0.29, 0.717) is 4.90 Å². The van der Waals surface area contributed by atoms with Gasteiger partial charge in [0.05, 0.1) is 4.90 Å². The summed E-state index contributed by atoms with van der Waals surface area (Å²) in [5.74, 6) is 0. The lowest BCUT2D eigenvalue weighted by molar-refractivity contribution is 0.685. The van der Waals surface area contributed by atoms with E-state index < -0.39 is 11.0 Å². The molecule has 0 fully saturated rings. The Morgan fingerprint density at radius 3 is 2.61 bits per heavy atom. The molecule has 2 aromatic carbocycles. The Hall–Kier alpha value is -1.39. The molecular formula is C14H18N2OS. The van der Waals surface area contributed by atoms with Gasteiger partial charge in [0.25, 0.3) is 0 Å². The summed E-state index contributed by atoms with van der Waals surface area (Å²) in [4.78, 5) is 0.687. The second-order valence-electron chi connectivity index (χ2n) is 4.23. The van der Waals surface area contributed by atoms with Crippen molar-refractivity contribution in [2.75, 3.05) is 11.9 Å². The molecule has 0 aliphatic rings. The van der Waals surface area contributed by atoms with Crippen LogP contribution in [0, 0.1) is 0 Å². The van der Waals surface area contributed by atoms with Gasteiger partial charge in [-0.1, -0.05) is 37.6 Å². The summed E-state index contributed by atoms with van der Waals surface area (Å²) < 4.78 is 11.5. The molecular weight excluding hydrogens is 244 g/mol. The van der Waals surface area contributed by atoms with E-state index in [-0.39, 0.29) is 0 Å². The van der Waals surface area contributed by atoms with Gasteiger partial charge >= 0.3 is 0 Å². The van der Waals surface area contributed by atoms with Crippen LogP contribution in [0.3, 0.4) is 0 Å². The third kappa shape index (κ3) is 2.71. The van der Waals surface area contributed by atoms with Gasteiger partial charge in [0, 0.05) is 23.0 Å². The lowest BCUT2D eigenvalue weighted by Crippen LogP contribution is -2.05. The van der Waals surface area contributed by atoms with Crippen molar-refractivity contribution in [1.82, 2.24) is 0 Å². The highest BCUT2D eigenvalue weighted by Crippen LogP contribution is 2.27. The number of hydrogen-bond acceptors (Lipinski definition) is 2. The first-order valence-corrected chi connectivity index (χ1v) is 7.37. The van der Waals surface area contributed by atoms with E-state index in [9.17, 15) is 4.21 Å². The zero-order valence-corrected chi connectivity index (χ0v) is 11.3. The number of nitrogens with one attached hydrogen (secondary N) is 1. The van der Waals surface area contributed by atoms with Gasteiger partial charge in [-0.3, -0.25) is 0 Å². The zero-order chi connectivity index (χ0) is 13.0. The van der Waals surface area contributed by atoms with Crippen LogP contribution >= 0.6 is 0 Å². The SMILES string of the molecule is CCCCNc1cccc2c(S(N)=O)cccc12. The molecule has 2 aromatic rings. The Kier molecular flexibility index (Phi) is 4.33. The van der Waals surface area contributed by atoms with E-state index in [1.807, 2.05) is 36.4 Å². The van der Waals surface area contributed by atoms with E-state index in [1.54, 1.807) is 0 Å². The zero-order valence-electron chi connectivity index (χ0n) is 10.5. The van der Waals surface area contributed by atoms with Gasteiger partial charge in [-0.15, -0.1) is 0 Å². The van der Waals surface area contributed by atoms with E-state index in [4.69, 9.17) is 5.14 Å². The second kappa shape index (κ2) is 5.98. The monoisotopic (exact) mass is 262 g/mol. The van der Waals surface area contributed by atoms with Crippen molar-refractivity contribution in [3.63, 3.8) is 0 Å². The van der Waals surface area contributed by atoms with Crippen molar-refractivity contribution in [2.24, 2.45) is 5.14 Å². The van der Waals surface area contributed by atoms with Crippen LogP contribution in [0.15, 0.2) is 41.3 Å². The highest BCUT2D eigenvalue weighted by molar-refractivity contribution is 7.83. The summed E-state index contributed by atoms with van der Waals surface area (Å²) in [6.45, 7) is 3.12. The Bertz CT molecular complexity index is 569. The van der Waals surface area contributed by atoms with Crippen LogP contribution in [0.5, 0.6) is 0 Å². The molecule has 4 heteroatoms. The molecule has 96 valence electrons. The minimum absolute atomic E-state index is 0.687. The fraction of sp³-hybridized carbons (Fsp3) is 0.286. The van der Waals surface area contributed by atoms with Crippen molar-refractivity contribution >= 4 is 27.4 Å². The number of anilines is 1. The average molecular weight is 262 g/mol. The molecule has 0 aliphatic carbocycles. The minimum Gasteiger partial charge on any atom is -0.385 e. The summed E-state index contributed by atoms with van der Waals surface area (Å²) >= 11 is 0. The topological polar surface area (TPSA) is 55.1 Å². The summed E-state index contributed by atoms with van der Waals surface area (Å²) in [6.07, 6.45) is 2.30. The summed E-state index contributed by atoms with van der Waals surface area (Å²) in [7, 11) is -1.45. The van der Waals surface area contributed by atoms with Crippen molar-refractivity contribution in [3.05, 3.63) is 36.4 Å². The maximum absolute atomic E-state index is 11.5. The van der Waals surface area contributed by atoms with Crippen molar-refractivity contribution < 1.29 is 4.21 Å². The standard InChI is InChI=1S/C14H18N2OS/c1-2-3-10-16-13-8-4-7-12-11(13)6-5-9-14(12)18(15)17/h4-9,16H,2-3,10,15H2,1H3. The van der Waals surface area contributed by atoms with Gasteiger partial charge in [0.15, 0.2) is 0 Å². The largest absolute Gasteiger partial charge is 0.385 e. The number of nitrogens with two attached hydrogens (primary N) is 1. The summed E-state index contributed by atoms with van der Waals surface area (Å²) in [5, 5.41) is 11.0. The maximum atomic E-state index is 11.5. The lowest BCUT2D eigenvalue weighted by atomic mass is 10.1. The molecule has 0 heterocycles. The molecule has 18 heavy (non-hydrogen) atoms. The van der Waals surface area contributed by atoms with Gasteiger partial charge < -0.3 is 5.32 Å². The van der Waals surface area contributed by atoms with Crippen LogP contribution < -0.4 is 10.5 Å². The van der Waals surface area contributed by atoms with Gasteiger partial charge in [0.2, 0.25) is 0 Å². The van der Waals surface area contributed by atoms with Crippen LogP contribution in [0.25, 0.3) is 10.8 Å². The normalized spacial score (nSPS) is 12.6. The lowest BCUT2D eigenvalue weighted by Gasteiger charge is -2.11. The fourth-order valence-corrected chi connectivity index (χ4v) is 2.62. The third-order valence-electron chi connectivity index (χ3n) is 2.94. The summed E-state index contributed by atoms with van der Waals surface area (Å²) in [5.41, 5.74) is 1.08. The Labute approximate surface area is 110 Å². The molecule has 0 radical (unpaired) electrons. The smallest absolute Gasteiger partial charge is 0.122 e. The molecule has 3 N–H and O–H groups in total. The fourth-order valence-electron chi connectivity index (χ4n) is 2.01. The van der Waals surface area contributed by atoms with E-state index >= 15 is 0 Å². The van der Waals surface area contributed by atoms with E-state index in [0.717, 1.165) is 35.8 Å². The minimum atomic E-state index is -1.45. The first-order chi connectivity index (χ1) is 8.74. The number of hydrogen-bond donors (Lipinski definition) is 2. The van der Waals surface area contributed by atoms with Crippen LogP contribution in [0.2, 0.25) is 0 Å². The molecule has 1 atom stereocenters.